The van der Waals surface area contributed by atoms with E-state index in [1.165, 1.54) is 12.3 Å². The Kier molecular flexibility index (Phi) is 2.21. The number of rotatable bonds is 2. The van der Waals surface area contributed by atoms with Gasteiger partial charge in [-0.2, -0.15) is 5.10 Å². The lowest BCUT2D eigenvalue weighted by Crippen LogP contribution is -1.97. The van der Waals surface area contributed by atoms with Gasteiger partial charge in [-0.25, -0.2) is 4.79 Å². The summed E-state index contributed by atoms with van der Waals surface area (Å²) in [5.41, 5.74) is 2.61. The Hall–Kier alpha value is -2.17. The molecule has 0 unspecified atom stereocenters. The molecule has 0 aromatic carbocycles. The number of carboxylic acid groups (broad SMARTS) is 1. The van der Waals surface area contributed by atoms with Crippen molar-refractivity contribution in [3.05, 3.63) is 35.8 Å². The Morgan fingerprint density at radius 2 is 2.27 bits per heavy atom. The topological polar surface area (TPSA) is 78.9 Å². The molecular formula is C10H9N3O2. The van der Waals surface area contributed by atoms with Gasteiger partial charge in [0.15, 0.2) is 0 Å². The van der Waals surface area contributed by atoms with Crippen molar-refractivity contribution < 1.29 is 9.90 Å². The molecule has 0 saturated heterocycles. The number of aromatic amines is 1. The van der Waals surface area contributed by atoms with Crippen LogP contribution in [0.1, 0.15) is 16.1 Å². The van der Waals surface area contributed by atoms with Gasteiger partial charge >= 0.3 is 5.97 Å². The summed E-state index contributed by atoms with van der Waals surface area (Å²) in [6.07, 6.45) is 3.07. The Labute approximate surface area is 85.8 Å². The zero-order chi connectivity index (χ0) is 10.8. The fraction of sp³-hybridized carbons (Fsp3) is 0.100. The average molecular weight is 203 g/mol. The van der Waals surface area contributed by atoms with Gasteiger partial charge in [-0.1, -0.05) is 0 Å². The molecule has 0 aliphatic rings. The standard InChI is InChI=1S/C10H9N3O2/c1-6-8(5-12-13-6)9-3-2-7(4-11-9)10(14)15/h2-5H,1H3,(H,12,13)(H,14,15). The maximum Gasteiger partial charge on any atom is 0.337 e. The lowest BCUT2D eigenvalue weighted by molar-refractivity contribution is 0.0696. The van der Waals surface area contributed by atoms with Crippen molar-refractivity contribution in [2.75, 3.05) is 0 Å². The van der Waals surface area contributed by atoms with E-state index in [0.29, 0.717) is 5.69 Å². The maximum atomic E-state index is 10.6. The normalized spacial score (nSPS) is 10.2. The van der Waals surface area contributed by atoms with Gasteiger partial charge in [-0.3, -0.25) is 10.1 Å². The summed E-state index contributed by atoms with van der Waals surface area (Å²) in [4.78, 5) is 14.7. The highest BCUT2D eigenvalue weighted by Crippen LogP contribution is 2.18. The number of aromatic carboxylic acids is 1. The highest BCUT2D eigenvalue weighted by Gasteiger charge is 2.07. The molecule has 15 heavy (non-hydrogen) atoms. The van der Waals surface area contributed by atoms with E-state index in [1.54, 1.807) is 12.3 Å². The SMILES string of the molecule is Cc1n[nH]cc1-c1ccc(C(=O)O)cn1. The lowest BCUT2D eigenvalue weighted by atomic mass is 10.1. The van der Waals surface area contributed by atoms with E-state index in [0.717, 1.165) is 11.3 Å². The van der Waals surface area contributed by atoms with E-state index in [4.69, 9.17) is 5.11 Å². The Balaban J connectivity index is 2.40. The molecule has 2 aromatic rings. The van der Waals surface area contributed by atoms with Crippen LogP contribution in [0.25, 0.3) is 11.3 Å². The second-order valence-electron chi connectivity index (χ2n) is 3.12. The van der Waals surface area contributed by atoms with Crippen molar-refractivity contribution in [2.45, 2.75) is 6.92 Å². The molecule has 0 atom stereocenters. The van der Waals surface area contributed by atoms with Crippen LogP contribution in [-0.2, 0) is 0 Å². The zero-order valence-electron chi connectivity index (χ0n) is 8.06. The fourth-order valence-electron chi connectivity index (χ4n) is 1.30. The van der Waals surface area contributed by atoms with Crippen molar-refractivity contribution in [1.82, 2.24) is 15.2 Å². The van der Waals surface area contributed by atoms with Crippen LogP contribution < -0.4 is 0 Å². The number of aromatic nitrogens is 3. The molecule has 0 fully saturated rings. The minimum atomic E-state index is -0.974. The largest absolute Gasteiger partial charge is 0.478 e. The molecule has 5 heteroatoms. The van der Waals surface area contributed by atoms with Gasteiger partial charge in [0.25, 0.3) is 0 Å². The van der Waals surface area contributed by atoms with Crippen LogP contribution in [0.5, 0.6) is 0 Å². The van der Waals surface area contributed by atoms with Crippen LogP contribution in [0.3, 0.4) is 0 Å². The number of aryl methyl sites for hydroxylation is 1. The number of carboxylic acids is 1. The molecule has 0 radical (unpaired) electrons. The fourth-order valence-corrected chi connectivity index (χ4v) is 1.30. The second kappa shape index (κ2) is 3.53. The third-order valence-corrected chi connectivity index (χ3v) is 2.12. The predicted molar refractivity (Wildman–Crippen MR) is 53.5 cm³/mol. The number of carbonyl (C=O) groups is 1. The van der Waals surface area contributed by atoms with Gasteiger partial charge in [-0.15, -0.1) is 0 Å². The number of nitrogens with one attached hydrogen (secondary N) is 1. The second-order valence-corrected chi connectivity index (χ2v) is 3.12. The smallest absolute Gasteiger partial charge is 0.337 e. The van der Waals surface area contributed by atoms with Crippen molar-refractivity contribution >= 4 is 5.97 Å². The van der Waals surface area contributed by atoms with Crippen LogP contribution in [0.2, 0.25) is 0 Å². The van der Waals surface area contributed by atoms with Gasteiger partial charge in [-0.05, 0) is 19.1 Å². The van der Waals surface area contributed by atoms with Crippen molar-refractivity contribution in [3.63, 3.8) is 0 Å². The van der Waals surface area contributed by atoms with E-state index in [1.807, 2.05) is 6.92 Å². The molecule has 0 aliphatic heterocycles. The molecule has 2 aromatic heterocycles. The minimum absolute atomic E-state index is 0.180. The monoisotopic (exact) mass is 203 g/mol. The molecule has 2 rings (SSSR count). The van der Waals surface area contributed by atoms with Gasteiger partial charge in [0.2, 0.25) is 0 Å². The van der Waals surface area contributed by atoms with E-state index in [-0.39, 0.29) is 5.56 Å². The van der Waals surface area contributed by atoms with E-state index >= 15 is 0 Å². The number of hydrogen-bond acceptors (Lipinski definition) is 3. The van der Waals surface area contributed by atoms with E-state index in [9.17, 15) is 4.79 Å². The Morgan fingerprint density at radius 3 is 2.73 bits per heavy atom. The van der Waals surface area contributed by atoms with Crippen LogP contribution in [0.4, 0.5) is 0 Å². The first-order chi connectivity index (χ1) is 7.18. The third-order valence-electron chi connectivity index (χ3n) is 2.12. The summed E-state index contributed by atoms with van der Waals surface area (Å²) >= 11 is 0. The number of hydrogen-bond donors (Lipinski definition) is 2. The maximum absolute atomic E-state index is 10.6. The van der Waals surface area contributed by atoms with Gasteiger partial charge in [0.1, 0.15) is 0 Å². The average Bonchev–Trinajstić information content (AvgIpc) is 2.65. The van der Waals surface area contributed by atoms with Gasteiger partial charge in [0, 0.05) is 18.0 Å². The zero-order valence-corrected chi connectivity index (χ0v) is 8.06. The van der Waals surface area contributed by atoms with Crippen molar-refractivity contribution in [3.8, 4) is 11.3 Å². The number of pyridine rings is 1. The molecule has 76 valence electrons. The summed E-state index contributed by atoms with van der Waals surface area (Å²) in [7, 11) is 0. The van der Waals surface area contributed by atoms with Crippen LogP contribution in [0, 0.1) is 6.92 Å². The highest BCUT2D eigenvalue weighted by molar-refractivity contribution is 5.87. The highest BCUT2D eigenvalue weighted by atomic mass is 16.4. The summed E-state index contributed by atoms with van der Waals surface area (Å²) in [6.45, 7) is 1.86. The third kappa shape index (κ3) is 1.71. The van der Waals surface area contributed by atoms with Gasteiger partial charge < -0.3 is 5.11 Å². The molecule has 0 bridgehead atoms. The Bertz CT molecular complexity index is 488. The van der Waals surface area contributed by atoms with Crippen LogP contribution >= 0.6 is 0 Å². The summed E-state index contributed by atoms with van der Waals surface area (Å²) in [5.74, 6) is -0.974. The van der Waals surface area contributed by atoms with Gasteiger partial charge in [0.05, 0.1) is 17.0 Å². The number of H-pyrrole nitrogens is 1. The number of nitrogens with zero attached hydrogens (tertiary/aromatic N) is 2. The van der Waals surface area contributed by atoms with Crippen LogP contribution in [0.15, 0.2) is 24.5 Å². The summed E-state index contributed by atoms with van der Waals surface area (Å²) in [5, 5.41) is 15.4. The Morgan fingerprint density at radius 1 is 1.47 bits per heavy atom. The molecule has 2 heterocycles. The molecule has 5 nitrogen and oxygen atoms in total. The minimum Gasteiger partial charge on any atom is -0.478 e. The molecular weight excluding hydrogens is 194 g/mol. The lowest BCUT2D eigenvalue weighted by Gasteiger charge is -1.98. The molecule has 0 amide bonds. The van der Waals surface area contributed by atoms with Crippen molar-refractivity contribution in [1.29, 1.82) is 0 Å². The van der Waals surface area contributed by atoms with E-state index in [2.05, 4.69) is 15.2 Å². The first-order valence-electron chi connectivity index (χ1n) is 4.38. The predicted octanol–water partition coefficient (Wildman–Crippen LogP) is 1.48. The van der Waals surface area contributed by atoms with E-state index < -0.39 is 5.97 Å². The van der Waals surface area contributed by atoms with Crippen molar-refractivity contribution in [2.24, 2.45) is 0 Å². The molecule has 0 saturated carbocycles. The molecule has 2 N–H and O–H groups in total. The quantitative estimate of drug-likeness (QED) is 0.774. The summed E-state index contributed by atoms with van der Waals surface area (Å²) in [6, 6.07) is 3.19. The van der Waals surface area contributed by atoms with Crippen LogP contribution in [-0.4, -0.2) is 26.3 Å². The summed E-state index contributed by atoms with van der Waals surface area (Å²) < 4.78 is 0. The first kappa shape index (κ1) is 9.39. The molecule has 0 aliphatic carbocycles. The first-order valence-corrected chi connectivity index (χ1v) is 4.38. The molecule has 0 spiro atoms.